The molecular formula is C8H10N2O2. The summed E-state index contributed by atoms with van der Waals surface area (Å²) in [5.41, 5.74) is 0.513. The van der Waals surface area contributed by atoms with Crippen molar-refractivity contribution in [2.75, 3.05) is 7.05 Å². The zero-order valence-electron chi connectivity index (χ0n) is 6.78. The number of likely N-dealkylation sites (N-methyl/N-ethyl adjacent to an activating group) is 1. The van der Waals surface area contributed by atoms with Crippen LogP contribution in [0.2, 0.25) is 0 Å². The van der Waals surface area contributed by atoms with Crippen molar-refractivity contribution in [2.45, 2.75) is 6.54 Å². The second kappa shape index (κ2) is 3.71. The molecule has 4 nitrogen and oxygen atoms in total. The standard InChI is InChI=1S/C8H10N2O2/c1-9-8(12)5-10-4-2-3-7(10)6-11/h2-4,6H,5H2,1H3,(H,9,12). The van der Waals surface area contributed by atoms with Crippen molar-refractivity contribution in [1.82, 2.24) is 9.88 Å². The Labute approximate surface area is 70.2 Å². The van der Waals surface area contributed by atoms with E-state index in [1.807, 2.05) is 0 Å². The van der Waals surface area contributed by atoms with Gasteiger partial charge in [-0.1, -0.05) is 0 Å². The van der Waals surface area contributed by atoms with E-state index < -0.39 is 0 Å². The highest BCUT2D eigenvalue weighted by atomic mass is 16.2. The zero-order chi connectivity index (χ0) is 8.97. The lowest BCUT2D eigenvalue weighted by atomic mass is 10.4. The number of aromatic nitrogens is 1. The van der Waals surface area contributed by atoms with E-state index >= 15 is 0 Å². The van der Waals surface area contributed by atoms with Crippen molar-refractivity contribution in [2.24, 2.45) is 0 Å². The van der Waals surface area contributed by atoms with Gasteiger partial charge in [0.2, 0.25) is 5.91 Å². The largest absolute Gasteiger partial charge is 0.358 e. The number of hydrogen-bond acceptors (Lipinski definition) is 2. The summed E-state index contributed by atoms with van der Waals surface area (Å²) in [5.74, 6) is -0.116. The first-order valence-corrected chi connectivity index (χ1v) is 3.59. The van der Waals surface area contributed by atoms with E-state index in [-0.39, 0.29) is 12.5 Å². The third kappa shape index (κ3) is 1.72. The SMILES string of the molecule is CNC(=O)Cn1cccc1C=O. The van der Waals surface area contributed by atoms with Gasteiger partial charge >= 0.3 is 0 Å². The van der Waals surface area contributed by atoms with E-state index in [0.29, 0.717) is 5.69 Å². The van der Waals surface area contributed by atoms with Crippen LogP contribution in [0.1, 0.15) is 10.5 Å². The average Bonchev–Trinajstić information content (AvgIpc) is 2.51. The van der Waals surface area contributed by atoms with Crippen molar-refractivity contribution in [3.8, 4) is 0 Å². The third-order valence-corrected chi connectivity index (χ3v) is 1.58. The monoisotopic (exact) mass is 166 g/mol. The summed E-state index contributed by atoms with van der Waals surface area (Å²) in [6.07, 6.45) is 2.42. The van der Waals surface area contributed by atoms with Gasteiger partial charge < -0.3 is 9.88 Å². The van der Waals surface area contributed by atoms with E-state index in [9.17, 15) is 9.59 Å². The van der Waals surface area contributed by atoms with Gasteiger partial charge in [-0.15, -0.1) is 0 Å². The van der Waals surface area contributed by atoms with Gasteiger partial charge in [0.05, 0.1) is 5.69 Å². The third-order valence-electron chi connectivity index (χ3n) is 1.58. The molecule has 0 bridgehead atoms. The average molecular weight is 166 g/mol. The Morgan fingerprint density at radius 1 is 1.75 bits per heavy atom. The van der Waals surface area contributed by atoms with Crippen molar-refractivity contribution >= 4 is 12.2 Å². The molecule has 0 atom stereocenters. The molecule has 0 aliphatic rings. The molecule has 1 rings (SSSR count). The van der Waals surface area contributed by atoms with Crippen LogP contribution in [0.4, 0.5) is 0 Å². The number of amides is 1. The fraction of sp³-hybridized carbons (Fsp3) is 0.250. The van der Waals surface area contributed by atoms with Crippen LogP contribution >= 0.6 is 0 Å². The quantitative estimate of drug-likeness (QED) is 0.645. The molecule has 4 heteroatoms. The van der Waals surface area contributed by atoms with E-state index in [1.165, 1.54) is 0 Å². The molecule has 0 aromatic carbocycles. The van der Waals surface area contributed by atoms with Gasteiger partial charge in [0.25, 0.3) is 0 Å². The molecule has 1 aromatic rings. The number of hydrogen-bond donors (Lipinski definition) is 1. The second-order valence-electron chi connectivity index (χ2n) is 2.35. The summed E-state index contributed by atoms with van der Waals surface area (Å²) in [6, 6.07) is 3.39. The molecule has 1 amide bonds. The van der Waals surface area contributed by atoms with Crippen molar-refractivity contribution in [3.63, 3.8) is 0 Å². The molecule has 1 N–H and O–H groups in total. The Hall–Kier alpha value is -1.58. The van der Waals surface area contributed by atoms with E-state index in [4.69, 9.17) is 0 Å². The summed E-state index contributed by atoms with van der Waals surface area (Å²) in [6.45, 7) is 0.192. The normalized spacial score (nSPS) is 9.42. The molecule has 64 valence electrons. The van der Waals surface area contributed by atoms with Crippen LogP contribution in [0.3, 0.4) is 0 Å². The molecule has 0 aliphatic carbocycles. The number of carbonyl (C=O) groups is 2. The Morgan fingerprint density at radius 2 is 2.50 bits per heavy atom. The van der Waals surface area contributed by atoms with Crippen LogP contribution in [0.25, 0.3) is 0 Å². The fourth-order valence-corrected chi connectivity index (χ4v) is 0.912. The van der Waals surface area contributed by atoms with E-state index in [0.717, 1.165) is 6.29 Å². The Balaban J connectivity index is 2.74. The van der Waals surface area contributed by atoms with Gasteiger partial charge in [0.15, 0.2) is 6.29 Å². The number of rotatable bonds is 3. The summed E-state index contributed by atoms with van der Waals surface area (Å²) < 4.78 is 1.59. The highest BCUT2D eigenvalue weighted by Crippen LogP contribution is 1.97. The van der Waals surface area contributed by atoms with Gasteiger partial charge in [0.1, 0.15) is 6.54 Å². The number of carbonyl (C=O) groups excluding carboxylic acids is 2. The first-order valence-electron chi connectivity index (χ1n) is 3.59. The van der Waals surface area contributed by atoms with E-state index in [1.54, 1.807) is 29.9 Å². The van der Waals surface area contributed by atoms with Crippen LogP contribution in [0.5, 0.6) is 0 Å². The van der Waals surface area contributed by atoms with Crippen molar-refractivity contribution in [1.29, 1.82) is 0 Å². The molecule has 0 fully saturated rings. The Morgan fingerprint density at radius 3 is 3.08 bits per heavy atom. The summed E-state index contributed by atoms with van der Waals surface area (Å²) in [5, 5.41) is 2.48. The molecule has 0 saturated carbocycles. The lowest BCUT2D eigenvalue weighted by molar-refractivity contribution is -0.121. The molecule has 1 heterocycles. The molecular weight excluding hydrogens is 156 g/mol. The lowest BCUT2D eigenvalue weighted by Crippen LogP contribution is -2.23. The van der Waals surface area contributed by atoms with Crippen LogP contribution in [-0.2, 0) is 11.3 Å². The van der Waals surface area contributed by atoms with Crippen LogP contribution in [-0.4, -0.2) is 23.8 Å². The minimum Gasteiger partial charge on any atom is -0.358 e. The smallest absolute Gasteiger partial charge is 0.239 e. The van der Waals surface area contributed by atoms with Gasteiger partial charge in [-0.25, -0.2) is 0 Å². The molecule has 0 aliphatic heterocycles. The van der Waals surface area contributed by atoms with Crippen LogP contribution in [0.15, 0.2) is 18.3 Å². The van der Waals surface area contributed by atoms with E-state index in [2.05, 4.69) is 5.32 Å². The van der Waals surface area contributed by atoms with Gasteiger partial charge in [-0.2, -0.15) is 0 Å². The maximum absolute atomic E-state index is 10.9. The maximum atomic E-state index is 10.9. The minimum atomic E-state index is -0.116. The highest BCUT2D eigenvalue weighted by molar-refractivity contribution is 5.78. The fourth-order valence-electron chi connectivity index (χ4n) is 0.912. The number of nitrogens with zero attached hydrogens (tertiary/aromatic N) is 1. The van der Waals surface area contributed by atoms with Gasteiger partial charge in [-0.3, -0.25) is 9.59 Å². The zero-order valence-corrected chi connectivity index (χ0v) is 6.78. The molecule has 12 heavy (non-hydrogen) atoms. The maximum Gasteiger partial charge on any atom is 0.239 e. The number of aldehydes is 1. The minimum absolute atomic E-state index is 0.116. The molecule has 0 radical (unpaired) electrons. The predicted octanol–water partition coefficient (Wildman–Crippen LogP) is 0.0466. The number of nitrogens with one attached hydrogen (secondary N) is 1. The highest BCUT2D eigenvalue weighted by Gasteiger charge is 2.02. The first kappa shape index (κ1) is 8.52. The lowest BCUT2D eigenvalue weighted by Gasteiger charge is -2.02. The predicted molar refractivity (Wildman–Crippen MR) is 43.9 cm³/mol. The second-order valence-corrected chi connectivity index (χ2v) is 2.35. The van der Waals surface area contributed by atoms with Crippen molar-refractivity contribution < 1.29 is 9.59 Å². The Bertz CT molecular complexity index is 291. The molecule has 0 unspecified atom stereocenters. The molecule has 0 spiro atoms. The van der Waals surface area contributed by atoms with Crippen LogP contribution in [0, 0.1) is 0 Å². The van der Waals surface area contributed by atoms with Gasteiger partial charge in [0, 0.05) is 13.2 Å². The van der Waals surface area contributed by atoms with Crippen LogP contribution < -0.4 is 5.32 Å². The topological polar surface area (TPSA) is 51.1 Å². The molecule has 0 saturated heterocycles. The first-order chi connectivity index (χ1) is 5.77. The summed E-state index contributed by atoms with van der Waals surface area (Å²) >= 11 is 0. The summed E-state index contributed by atoms with van der Waals surface area (Å²) in [4.78, 5) is 21.3. The van der Waals surface area contributed by atoms with Crippen molar-refractivity contribution in [3.05, 3.63) is 24.0 Å². The van der Waals surface area contributed by atoms with Gasteiger partial charge in [-0.05, 0) is 12.1 Å². The molecule has 1 aromatic heterocycles. The summed E-state index contributed by atoms with van der Waals surface area (Å²) in [7, 11) is 1.56. The Kier molecular flexibility index (Phi) is 2.63.